The van der Waals surface area contributed by atoms with Crippen molar-refractivity contribution in [2.75, 3.05) is 6.54 Å². The van der Waals surface area contributed by atoms with Crippen molar-refractivity contribution in [3.05, 3.63) is 0 Å². The summed E-state index contributed by atoms with van der Waals surface area (Å²) >= 11 is 0. The second-order valence-electron chi connectivity index (χ2n) is 5.66. The van der Waals surface area contributed by atoms with E-state index in [9.17, 15) is 4.79 Å². The molecule has 3 aliphatic rings. The lowest BCUT2D eigenvalue weighted by atomic mass is 10.0. The van der Waals surface area contributed by atoms with Gasteiger partial charge in [-0.3, -0.25) is 4.79 Å². The molecule has 5 unspecified atom stereocenters. The first-order valence-electron chi connectivity index (χ1n) is 6.22. The molecule has 0 aromatic rings. The van der Waals surface area contributed by atoms with E-state index in [0.29, 0.717) is 12.6 Å². The highest BCUT2D eigenvalue weighted by atomic mass is 16.2. The molecule has 0 spiro atoms. The molecule has 84 valence electrons. The van der Waals surface area contributed by atoms with E-state index in [4.69, 9.17) is 5.73 Å². The van der Waals surface area contributed by atoms with Crippen LogP contribution in [0.15, 0.2) is 0 Å². The third kappa shape index (κ3) is 1.32. The van der Waals surface area contributed by atoms with E-state index in [1.54, 1.807) is 0 Å². The lowest BCUT2D eigenvalue weighted by Crippen LogP contribution is -2.36. The smallest absolute Gasteiger partial charge is 0.224 e. The van der Waals surface area contributed by atoms with Crippen LogP contribution < -0.4 is 11.1 Å². The molecule has 3 fully saturated rings. The summed E-state index contributed by atoms with van der Waals surface area (Å²) in [6.07, 6.45) is 4.25. The lowest BCUT2D eigenvalue weighted by Gasteiger charge is -2.13. The summed E-state index contributed by atoms with van der Waals surface area (Å²) in [6.45, 7) is 2.36. The molecule has 0 heterocycles. The molecule has 0 radical (unpaired) electrons. The summed E-state index contributed by atoms with van der Waals surface area (Å²) in [4.78, 5) is 11.7. The van der Waals surface area contributed by atoms with Crippen LogP contribution in [0, 0.1) is 29.6 Å². The maximum absolute atomic E-state index is 11.7. The topological polar surface area (TPSA) is 55.1 Å². The van der Waals surface area contributed by atoms with Gasteiger partial charge < -0.3 is 11.1 Å². The fourth-order valence-corrected chi connectivity index (χ4v) is 3.93. The first-order valence-corrected chi connectivity index (χ1v) is 6.22. The average Bonchev–Trinajstić information content (AvgIpc) is 2.66. The fraction of sp³-hybridized carbons (Fsp3) is 0.917. The summed E-state index contributed by atoms with van der Waals surface area (Å²) in [5, 5.41) is 3.19. The van der Waals surface area contributed by atoms with Crippen LogP contribution in [0.25, 0.3) is 0 Å². The molecule has 3 heteroatoms. The summed E-state index contributed by atoms with van der Waals surface area (Å²) in [6, 6.07) is 0.512. The monoisotopic (exact) mass is 208 g/mol. The Bertz CT molecular complexity index is 275. The maximum Gasteiger partial charge on any atom is 0.224 e. The predicted octanol–water partition coefficient (Wildman–Crippen LogP) is 0.742. The number of fused-ring (bicyclic) bond motifs is 5. The van der Waals surface area contributed by atoms with Crippen molar-refractivity contribution in [3.8, 4) is 0 Å². The minimum atomic E-state index is -0.0241. The summed E-state index contributed by atoms with van der Waals surface area (Å²) in [5.41, 5.74) is 5.49. The summed E-state index contributed by atoms with van der Waals surface area (Å²) in [5.74, 6) is 3.66. The summed E-state index contributed by atoms with van der Waals surface area (Å²) < 4.78 is 0. The lowest BCUT2D eigenvalue weighted by molar-refractivity contribution is -0.124. The van der Waals surface area contributed by atoms with E-state index in [0.717, 1.165) is 23.7 Å². The highest BCUT2D eigenvalue weighted by Gasteiger charge is 2.65. The van der Waals surface area contributed by atoms with Gasteiger partial charge in [-0.15, -0.1) is 0 Å². The van der Waals surface area contributed by atoms with Gasteiger partial charge in [-0.05, 0) is 42.9 Å². The number of hydrogen-bond donors (Lipinski definition) is 2. The Morgan fingerprint density at radius 3 is 2.53 bits per heavy atom. The Labute approximate surface area is 90.8 Å². The average molecular weight is 208 g/mol. The molecule has 3 aliphatic carbocycles. The minimum absolute atomic E-state index is 0.0241. The van der Waals surface area contributed by atoms with Crippen molar-refractivity contribution in [2.45, 2.75) is 32.2 Å². The number of amides is 1. The van der Waals surface area contributed by atoms with Crippen molar-refractivity contribution in [1.82, 2.24) is 5.32 Å². The van der Waals surface area contributed by atoms with E-state index < -0.39 is 0 Å². The SMILES string of the molecule is CC(CN)C(=O)NC1C2C3CCC(C3)C12. The molecule has 2 bridgehead atoms. The van der Waals surface area contributed by atoms with Gasteiger partial charge in [0.05, 0.1) is 0 Å². The van der Waals surface area contributed by atoms with Crippen molar-refractivity contribution >= 4 is 5.91 Å². The zero-order valence-corrected chi connectivity index (χ0v) is 9.28. The largest absolute Gasteiger partial charge is 0.352 e. The quantitative estimate of drug-likeness (QED) is 0.719. The fourth-order valence-electron chi connectivity index (χ4n) is 3.93. The molecule has 3 nitrogen and oxygen atoms in total. The number of nitrogens with two attached hydrogens (primary N) is 1. The molecule has 5 atom stereocenters. The second kappa shape index (κ2) is 3.21. The Morgan fingerprint density at radius 2 is 2.00 bits per heavy atom. The zero-order valence-electron chi connectivity index (χ0n) is 9.28. The van der Waals surface area contributed by atoms with Crippen LogP contribution in [0.4, 0.5) is 0 Å². The van der Waals surface area contributed by atoms with Crippen LogP contribution >= 0.6 is 0 Å². The van der Waals surface area contributed by atoms with Crippen molar-refractivity contribution in [2.24, 2.45) is 35.3 Å². The Hall–Kier alpha value is -0.570. The molecule has 0 aliphatic heterocycles. The van der Waals surface area contributed by atoms with Crippen LogP contribution in [-0.2, 0) is 4.79 Å². The van der Waals surface area contributed by atoms with E-state index in [1.807, 2.05) is 6.92 Å². The van der Waals surface area contributed by atoms with Gasteiger partial charge in [0, 0.05) is 18.5 Å². The van der Waals surface area contributed by atoms with Gasteiger partial charge in [0.1, 0.15) is 0 Å². The van der Waals surface area contributed by atoms with Gasteiger partial charge in [-0.2, -0.15) is 0 Å². The number of hydrogen-bond acceptors (Lipinski definition) is 2. The summed E-state index contributed by atoms with van der Waals surface area (Å²) in [7, 11) is 0. The number of carbonyl (C=O) groups excluding carboxylic acids is 1. The van der Waals surface area contributed by atoms with Crippen molar-refractivity contribution in [3.63, 3.8) is 0 Å². The molecule has 0 aromatic carbocycles. The Morgan fingerprint density at radius 1 is 1.40 bits per heavy atom. The van der Waals surface area contributed by atoms with E-state index >= 15 is 0 Å². The number of nitrogens with one attached hydrogen (secondary N) is 1. The van der Waals surface area contributed by atoms with Gasteiger partial charge >= 0.3 is 0 Å². The van der Waals surface area contributed by atoms with E-state index in [2.05, 4.69) is 5.32 Å². The minimum Gasteiger partial charge on any atom is -0.352 e. The second-order valence-corrected chi connectivity index (χ2v) is 5.66. The molecule has 3 N–H and O–H groups in total. The first kappa shape index (κ1) is 9.64. The molecular weight excluding hydrogens is 188 g/mol. The molecule has 0 aromatic heterocycles. The van der Waals surface area contributed by atoms with Crippen LogP contribution in [0.5, 0.6) is 0 Å². The Kier molecular flexibility index (Phi) is 2.06. The van der Waals surface area contributed by atoms with Crippen LogP contribution in [-0.4, -0.2) is 18.5 Å². The van der Waals surface area contributed by atoms with Gasteiger partial charge in [0.25, 0.3) is 0 Å². The van der Waals surface area contributed by atoms with E-state index in [-0.39, 0.29) is 11.8 Å². The van der Waals surface area contributed by atoms with Gasteiger partial charge in [-0.1, -0.05) is 6.92 Å². The molecule has 1 amide bonds. The highest BCUT2D eigenvalue weighted by molar-refractivity contribution is 5.79. The number of carbonyl (C=O) groups is 1. The molecule has 3 saturated carbocycles. The number of rotatable bonds is 3. The van der Waals surface area contributed by atoms with Gasteiger partial charge in [-0.25, -0.2) is 0 Å². The molecule has 15 heavy (non-hydrogen) atoms. The molecule has 0 saturated heterocycles. The van der Waals surface area contributed by atoms with Gasteiger partial charge in [0.15, 0.2) is 0 Å². The third-order valence-corrected chi connectivity index (χ3v) is 4.85. The van der Waals surface area contributed by atoms with Crippen LogP contribution in [0.2, 0.25) is 0 Å². The van der Waals surface area contributed by atoms with Crippen LogP contribution in [0.1, 0.15) is 26.2 Å². The van der Waals surface area contributed by atoms with E-state index in [1.165, 1.54) is 19.3 Å². The van der Waals surface area contributed by atoms with Crippen molar-refractivity contribution < 1.29 is 4.79 Å². The predicted molar refractivity (Wildman–Crippen MR) is 58.0 cm³/mol. The third-order valence-electron chi connectivity index (χ3n) is 4.85. The molecule has 3 rings (SSSR count). The van der Waals surface area contributed by atoms with Crippen LogP contribution in [0.3, 0.4) is 0 Å². The standard InChI is InChI=1S/C12H20N2O/c1-6(5-13)12(15)14-11-9-7-2-3-8(4-7)10(9)11/h6-11H,2-5,13H2,1H3,(H,14,15). The normalized spacial score (nSPS) is 47.5. The van der Waals surface area contributed by atoms with Crippen molar-refractivity contribution in [1.29, 1.82) is 0 Å². The Balaban J connectivity index is 1.57. The van der Waals surface area contributed by atoms with Gasteiger partial charge in [0.2, 0.25) is 5.91 Å². The first-order chi connectivity index (χ1) is 7.22. The maximum atomic E-state index is 11.7. The highest BCUT2D eigenvalue weighted by Crippen LogP contribution is 2.65. The molecular formula is C12H20N2O. The zero-order chi connectivity index (χ0) is 10.6.